The minimum Gasteiger partial charge on any atom is -0.478 e. The van der Waals surface area contributed by atoms with E-state index < -0.39 is 17.7 Å². The fraction of sp³-hybridized carbons (Fsp3) is 0.455. The highest BCUT2D eigenvalue weighted by molar-refractivity contribution is 5.99. The van der Waals surface area contributed by atoms with Crippen LogP contribution in [0.3, 0.4) is 0 Å². The molecule has 0 unspecified atom stereocenters. The van der Waals surface area contributed by atoms with Crippen molar-refractivity contribution in [3.8, 4) is 0 Å². The van der Waals surface area contributed by atoms with Gasteiger partial charge >= 0.3 is 11.9 Å². The first-order valence-corrected chi connectivity index (χ1v) is 5.15. The summed E-state index contributed by atoms with van der Waals surface area (Å²) in [5, 5.41) is 17.5. The Labute approximate surface area is 92.7 Å². The number of unbranched alkanes of at least 4 members (excludes halogenated alkanes) is 2. The zero-order valence-electron chi connectivity index (χ0n) is 9.02. The van der Waals surface area contributed by atoms with E-state index in [-0.39, 0.29) is 5.56 Å². The van der Waals surface area contributed by atoms with Gasteiger partial charge in [0.2, 0.25) is 5.76 Å². The summed E-state index contributed by atoms with van der Waals surface area (Å²) in [7, 11) is 0. The highest BCUT2D eigenvalue weighted by atomic mass is 16.4. The van der Waals surface area contributed by atoms with Gasteiger partial charge in [-0.25, -0.2) is 9.59 Å². The third-order valence-corrected chi connectivity index (χ3v) is 2.23. The van der Waals surface area contributed by atoms with Crippen LogP contribution in [0.1, 0.15) is 52.9 Å². The number of furan rings is 1. The first-order chi connectivity index (χ1) is 7.56. The summed E-state index contributed by atoms with van der Waals surface area (Å²) in [6.07, 6.45) is 3.48. The van der Waals surface area contributed by atoms with E-state index in [2.05, 4.69) is 0 Å². The summed E-state index contributed by atoms with van der Waals surface area (Å²) in [6.45, 7) is 2.05. The number of hydrogen-bond acceptors (Lipinski definition) is 3. The minimum atomic E-state index is -1.35. The summed E-state index contributed by atoms with van der Waals surface area (Å²) in [5.41, 5.74) is -0.279. The van der Waals surface area contributed by atoms with Gasteiger partial charge in [-0.2, -0.15) is 0 Å². The number of aryl methyl sites for hydroxylation is 1. The lowest BCUT2D eigenvalue weighted by Gasteiger charge is -1.94. The molecule has 0 spiro atoms. The lowest BCUT2D eigenvalue weighted by molar-refractivity contribution is 0.0624. The van der Waals surface area contributed by atoms with E-state index in [0.29, 0.717) is 12.2 Å². The van der Waals surface area contributed by atoms with Gasteiger partial charge in [0.1, 0.15) is 11.3 Å². The van der Waals surface area contributed by atoms with Crippen molar-refractivity contribution in [3.63, 3.8) is 0 Å². The normalized spacial score (nSPS) is 10.3. The third kappa shape index (κ3) is 2.85. The van der Waals surface area contributed by atoms with E-state index >= 15 is 0 Å². The molecule has 0 fully saturated rings. The van der Waals surface area contributed by atoms with Crippen LogP contribution < -0.4 is 0 Å². The molecule has 1 aromatic heterocycles. The van der Waals surface area contributed by atoms with Gasteiger partial charge in [0.05, 0.1) is 0 Å². The Hall–Kier alpha value is -1.78. The minimum absolute atomic E-state index is 0.279. The Kier molecular flexibility index (Phi) is 4.10. The van der Waals surface area contributed by atoms with Gasteiger partial charge in [0.15, 0.2) is 0 Å². The Bertz CT molecular complexity index is 360. The summed E-state index contributed by atoms with van der Waals surface area (Å²) >= 11 is 0. The Morgan fingerprint density at radius 1 is 1.25 bits per heavy atom. The largest absolute Gasteiger partial charge is 0.478 e. The van der Waals surface area contributed by atoms with Gasteiger partial charge in [0.25, 0.3) is 0 Å². The van der Waals surface area contributed by atoms with Crippen molar-refractivity contribution >= 4 is 11.9 Å². The van der Waals surface area contributed by atoms with Crippen molar-refractivity contribution in [2.45, 2.75) is 32.6 Å². The van der Waals surface area contributed by atoms with Crippen LogP contribution in [0.15, 0.2) is 10.5 Å². The van der Waals surface area contributed by atoms with Crippen LogP contribution in [0.25, 0.3) is 0 Å². The maximum absolute atomic E-state index is 10.7. The van der Waals surface area contributed by atoms with Crippen molar-refractivity contribution in [2.24, 2.45) is 0 Å². The molecule has 0 aliphatic carbocycles. The maximum atomic E-state index is 10.7. The molecule has 1 rings (SSSR count). The van der Waals surface area contributed by atoms with Crippen molar-refractivity contribution in [1.82, 2.24) is 0 Å². The van der Waals surface area contributed by atoms with E-state index in [1.165, 1.54) is 6.07 Å². The van der Waals surface area contributed by atoms with E-state index in [0.717, 1.165) is 19.3 Å². The predicted molar refractivity (Wildman–Crippen MR) is 55.9 cm³/mol. The molecule has 0 radical (unpaired) electrons. The topological polar surface area (TPSA) is 87.7 Å². The monoisotopic (exact) mass is 226 g/mol. The lowest BCUT2D eigenvalue weighted by Crippen LogP contribution is -2.03. The number of hydrogen-bond donors (Lipinski definition) is 2. The Balaban J connectivity index is 2.84. The number of rotatable bonds is 6. The molecule has 5 nitrogen and oxygen atoms in total. The number of aromatic carboxylic acids is 2. The van der Waals surface area contributed by atoms with Gasteiger partial charge in [-0.1, -0.05) is 19.8 Å². The molecule has 5 heteroatoms. The second-order valence-corrected chi connectivity index (χ2v) is 3.52. The Morgan fingerprint density at radius 2 is 1.94 bits per heavy atom. The molecule has 0 aromatic carbocycles. The second-order valence-electron chi connectivity index (χ2n) is 3.52. The third-order valence-electron chi connectivity index (χ3n) is 2.23. The van der Waals surface area contributed by atoms with Gasteiger partial charge in [0, 0.05) is 6.42 Å². The maximum Gasteiger partial charge on any atom is 0.372 e. The quantitative estimate of drug-likeness (QED) is 0.727. The van der Waals surface area contributed by atoms with Crippen molar-refractivity contribution < 1.29 is 24.2 Å². The molecule has 2 N–H and O–H groups in total. The average Bonchev–Trinajstić information content (AvgIpc) is 2.62. The standard InChI is InChI=1S/C11H14O5/c1-2-3-4-5-7-6-8(10(12)13)9(16-7)11(14)15/h6H,2-5H2,1H3,(H,12,13)(H,14,15). The van der Waals surface area contributed by atoms with E-state index in [1.807, 2.05) is 6.92 Å². The molecule has 0 aliphatic heterocycles. The molecule has 0 aliphatic rings. The van der Waals surface area contributed by atoms with Crippen molar-refractivity contribution in [1.29, 1.82) is 0 Å². The van der Waals surface area contributed by atoms with Gasteiger partial charge in [-0.05, 0) is 12.5 Å². The molecule has 1 aromatic rings. The summed E-state index contributed by atoms with van der Waals surface area (Å²) < 4.78 is 5.00. The SMILES string of the molecule is CCCCCc1cc(C(=O)O)c(C(=O)O)o1. The molecule has 88 valence electrons. The molecule has 0 atom stereocenters. The fourth-order valence-corrected chi connectivity index (χ4v) is 1.43. The van der Waals surface area contributed by atoms with Crippen LogP contribution in [0, 0.1) is 0 Å². The predicted octanol–water partition coefficient (Wildman–Crippen LogP) is 2.41. The first kappa shape index (κ1) is 12.3. The van der Waals surface area contributed by atoms with Crippen molar-refractivity contribution in [3.05, 3.63) is 23.2 Å². The number of carboxylic acid groups (broad SMARTS) is 2. The van der Waals surface area contributed by atoms with E-state index in [9.17, 15) is 9.59 Å². The molecule has 0 amide bonds. The van der Waals surface area contributed by atoms with Crippen LogP contribution in [-0.2, 0) is 6.42 Å². The molecule has 0 saturated heterocycles. The van der Waals surface area contributed by atoms with Crippen LogP contribution in [-0.4, -0.2) is 22.2 Å². The Morgan fingerprint density at radius 3 is 2.38 bits per heavy atom. The summed E-state index contributed by atoms with van der Waals surface area (Å²) in [5.74, 6) is -2.69. The highest BCUT2D eigenvalue weighted by Gasteiger charge is 2.22. The van der Waals surface area contributed by atoms with Crippen LogP contribution in [0.4, 0.5) is 0 Å². The zero-order valence-corrected chi connectivity index (χ0v) is 9.02. The van der Waals surface area contributed by atoms with Crippen molar-refractivity contribution in [2.75, 3.05) is 0 Å². The molecule has 0 bridgehead atoms. The molecule has 0 saturated carbocycles. The van der Waals surface area contributed by atoms with Crippen LogP contribution in [0.5, 0.6) is 0 Å². The number of carboxylic acids is 2. The van der Waals surface area contributed by atoms with Gasteiger partial charge in [-0.3, -0.25) is 0 Å². The second kappa shape index (κ2) is 5.34. The molecular formula is C11H14O5. The molecule has 16 heavy (non-hydrogen) atoms. The summed E-state index contributed by atoms with van der Waals surface area (Å²) in [4.78, 5) is 21.5. The van der Waals surface area contributed by atoms with E-state index in [4.69, 9.17) is 14.6 Å². The van der Waals surface area contributed by atoms with Gasteiger partial charge in [-0.15, -0.1) is 0 Å². The lowest BCUT2D eigenvalue weighted by atomic mass is 10.1. The fourth-order valence-electron chi connectivity index (χ4n) is 1.43. The van der Waals surface area contributed by atoms with Crippen LogP contribution >= 0.6 is 0 Å². The molecular weight excluding hydrogens is 212 g/mol. The smallest absolute Gasteiger partial charge is 0.372 e. The van der Waals surface area contributed by atoms with Gasteiger partial charge < -0.3 is 14.6 Å². The molecule has 1 heterocycles. The highest BCUT2D eigenvalue weighted by Crippen LogP contribution is 2.18. The number of carbonyl (C=O) groups is 2. The van der Waals surface area contributed by atoms with Crippen LogP contribution in [0.2, 0.25) is 0 Å². The average molecular weight is 226 g/mol. The zero-order chi connectivity index (χ0) is 12.1. The summed E-state index contributed by atoms with van der Waals surface area (Å²) in [6, 6.07) is 1.29. The van der Waals surface area contributed by atoms with E-state index in [1.54, 1.807) is 0 Å². The first-order valence-electron chi connectivity index (χ1n) is 5.15.